The van der Waals surface area contributed by atoms with E-state index in [9.17, 15) is 0 Å². The maximum absolute atomic E-state index is 5.77. The SMILES string of the molecule is COc1cccc(OCCOc2c(CN)cccc2OC)c1. The van der Waals surface area contributed by atoms with Gasteiger partial charge in [0.05, 0.1) is 14.2 Å². The predicted molar refractivity (Wildman–Crippen MR) is 84.9 cm³/mol. The average Bonchev–Trinajstić information content (AvgIpc) is 2.58. The molecule has 0 fully saturated rings. The number of hydrogen-bond acceptors (Lipinski definition) is 5. The summed E-state index contributed by atoms with van der Waals surface area (Å²) >= 11 is 0. The zero-order valence-electron chi connectivity index (χ0n) is 12.9. The van der Waals surface area contributed by atoms with E-state index >= 15 is 0 Å². The highest BCUT2D eigenvalue weighted by molar-refractivity contribution is 5.46. The Hall–Kier alpha value is -2.40. The highest BCUT2D eigenvalue weighted by atomic mass is 16.5. The van der Waals surface area contributed by atoms with Crippen molar-refractivity contribution in [1.29, 1.82) is 0 Å². The number of para-hydroxylation sites is 1. The Morgan fingerprint density at radius 3 is 2.32 bits per heavy atom. The van der Waals surface area contributed by atoms with Crippen LogP contribution in [-0.4, -0.2) is 27.4 Å². The largest absolute Gasteiger partial charge is 0.497 e. The molecule has 118 valence electrons. The van der Waals surface area contributed by atoms with Gasteiger partial charge in [0.1, 0.15) is 24.7 Å². The third-order valence-electron chi connectivity index (χ3n) is 3.14. The van der Waals surface area contributed by atoms with Crippen molar-refractivity contribution in [2.24, 2.45) is 5.73 Å². The summed E-state index contributed by atoms with van der Waals surface area (Å²) in [5.41, 5.74) is 6.62. The fraction of sp³-hybridized carbons (Fsp3) is 0.294. The van der Waals surface area contributed by atoms with Crippen LogP contribution in [0.2, 0.25) is 0 Å². The standard InChI is InChI=1S/C17H21NO4/c1-19-14-6-4-7-15(11-14)21-9-10-22-17-13(12-18)5-3-8-16(17)20-2/h3-8,11H,9-10,12,18H2,1-2H3. The average molecular weight is 303 g/mol. The van der Waals surface area contributed by atoms with Crippen molar-refractivity contribution in [2.75, 3.05) is 27.4 Å². The molecule has 2 rings (SSSR count). The molecule has 0 spiro atoms. The van der Waals surface area contributed by atoms with Gasteiger partial charge in [-0.05, 0) is 18.2 Å². The Bertz CT molecular complexity index is 579. The van der Waals surface area contributed by atoms with Gasteiger partial charge in [-0.1, -0.05) is 18.2 Å². The van der Waals surface area contributed by atoms with Crippen molar-refractivity contribution >= 4 is 0 Å². The van der Waals surface area contributed by atoms with Gasteiger partial charge in [-0.2, -0.15) is 0 Å². The van der Waals surface area contributed by atoms with E-state index in [0.717, 1.165) is 17.1 Å². The summed E-state index contributed by atoms with van der Waals surface area (Å²) in [5.74, 6) is 2.83. The van der Waals surface area contributed by atoms with Crippen molar-refractivity contribution in [1.82, 2.24) is 0 Å². The molecule has 2 N–H and O–H groups in total. The lowest BCUT2D eigenvalue weighted by molar-refractivity contribution is 0.209. The van der Waals surface area contributed by atoms with E-state index in [4.69, 9.17) is 24.7 Å². The summed E-state index contributed by atoms with van der Waals surface area (Å²) < 4.78 is 21.9. The smallest absolute Gasteiger partial charge is 0.165 e. The number of hydrogen-bond donors (Lipinski definition) is 1. The first kappa shape index (κ1) is 16.0. The van der Waals surface area contributed by atoms with E-state index in [1.165, 1.54) is 0 Å². The molecule has 0 saturated carbocycles. The van der Waals surface area contributed by atoms with Crippen LogP contribution >= 0.6 is 0 Å². The number of methoxy groups -OCH3 is 2. The Morgan fingerprint density at radius 1 is 0.864 bits per heavy atom. The fourth-order valence-corrected chi connectivity index (χ4v) is 2.04. The number of rotatable bonds is 8. The summed E-state index contributed by atoms with van der Waals surface area (Å²) in [6.07, 6.45) is 0. The van der Waals surface area contributed by atoms with E-state index in [1.807, 2.05) is 42.5 Å². The minimum absolute atomic E-state index is 0.392. The predicted octanol–water partition coefficient (Wildman–Crippen LogP) is 2.62. The second-order valence-electron chi connectivity index (χ2n) is 4.53. The summed E-state index contributed by atoms with van der Waals surface area (Å²) in [7, 11) is 3.23. The lowest BCUT2D eigenvalue weighted by Gasteiger charge is -2.14. The van der Waals surface area contributed by atoms with Gasteiger partial charge in [0.2, 0.25) is 0 Å². The summed E-state index contributed by atoms with van der Waals surface area (Å²) in [6.45, 7) is 1.20. The van der Waals surface area contributed by atoms with Crippen LogP contribution < -0.4 is 24.7 Å². The van der Waals surface area contributed by atoms with Crippen LogP contribution in [-0.2, 0) is 6.54 Å². The van der Waals surface area contributed by atoms with E-state index < -0.39 is 0 Å². The van der Waals surface area contributed by atoms with Crippen molar-refractivity contribution in [3.63, 3.8) is 0 Å². The Morgan fingerprint density at radius 2 is 1.59 bits per heavy atom. The molecule has 0 aliphatic rings. The normalized spacial score (nSPS) is 10.1. The van der Waals surface area contributed by atoms with Crippen LogP contribution in [0, 0.1) is 0 Å². The molecular formula is C17H21NO4. The number of benzene rings is 2. The summed E-state index contributed by atoms with van der Waals surface area (Å²) in [5, 5.41) is 0. The van der Waals surface area contributed by atoms with E-state index in [-0.39, 0.29) is 0 Å². The first-order chi connectivity index (χ1) is 10.8. The first-order valence-corrected chi connectivity index (χ1v) is 7.04. The second kappa shape index (κ2) is 8.14. The number of nitrogens with two attached hydrogens (primary N) is 1. The van der Waals surface area contributed by atoms with Crippen LogP contribution in [0.5, 0.6) is 23.0 Å². The van der Waals surface area contributed by atoms with Crippen molar-refractivity contribution in [2.45, 2.75) is 6.54 Å². The fourth-order valence-electron chi connectivity index (χ4n) is 2.04. The van der Waals surface area contributed by atoms with Gasteiger partial charge < -0.3 is 24.7 Å². The van der Waals surface area contributed by atoms with Gasteiger partial charge in [0, 0.05) is 18.2 Å². The molecule has 0 amide bonds. The lowest BCUT2D eigenvalue weighted by Crippen LogP contribution is -2.11. The van der Waals surface area contributed by atoms with Crippen LogP contribution in [0.15, 0.2) is 42.5 Å². The van der Waals surface area contributed by atoms with Gasteiger partial charge in [0.25, 0.3) is 0 Å². The summed E-state index contributed by atoms with van der Waals surface area (Å²) in [4.78, 5) is 0. The van der Waals surface area contributed by atoms with Gasteiger partial charge in [-0.15, -0.1) is 0 Å². The molecule has 0 radical (unpaired) electrons. The third kappa shape index (κ3) is 4.05. The van der Waals surface area contributed by atoms with Gasteiger partial charge in [0.15, 0.2) is 11.5 Å². The molecule has 0 saturated heterocycles. The summed E-state index contributed by atoms with van der Waals surface area (Å²) in [6, 6.07) is 13.1. The Kier molecular flexibility index (Phi) is 5.91. The molecule has 0 bridgehead atoms. The van der Waals surface area contributed by atoms with Crippen molar-refractivity contribution < 1.29 is 18.9 Å². The highest BCUT2D eigenvalue weighted by Crippen LogP contribution is 2.30. The quantitative estimate of drug-likeness (QED) is 0.760. The molecule has 22 heavy (non-hydrogen) atoms. The van der Waals surface area contributed by atoms with Crippen molar-refractivity contribution in [3.8, 4) is 23.0 Å². The topological polar surface area (TPSA) is 62.9 Å². The van der Waals surface area contributed by atoms with E-state index in [2.05, 4.69) is 0 Å². The molecule has 5 nitrogen and oxygen atoms in total. The van der Waals surface area contributed by atoms with Crippen LogP contribution in [0.4, 0.5) is 0 Å². The molecule has 2 aromatic carbocycles. The van der Waals surface area contributed by atoms with Gasteiger partial charge in [-0.3, -0.25) is 0 Å². The van der Waals surface area contributed by atoms with Crippen molar-refractivity contribution in [3.05, 3.63) is 48.0 Å². The van der Waals surface area contributed by atoms with Crippen LogP contribution in [0.1, 0.15) is 5.56 Å². The molecule has 0 aliphatic heterocycles. The Labute approximate surface area is 130 Å². The molecule has 5 heteroatoms. The van der Waals surface area contributed by atoms with Crippen LogP contribution in [0.25, 0.3) is 0 Å². The Balaban J connectivity index is 1.91. The zero-order valence-corrected chi connectivity index (χ0v) is 12.9. The monoisotopic (exact) mass is 303 g/mol. The van der Waals surface area contributed by atoms with E-state index in [0.29, 0.717) is 31.3 Å². The molecule has 2 aromatic rings. The first-order valence-electron chi connectivity index (χ1n) is 7.04. The maximum atomic E-state index is 5.77. The minimum Gasteiger partial charge on any atom is -0.497 e. The molecule has 0 atom stereocenters. The molecule has 0 heterocycles. The van der Waals surface area contributed by atoms with E-state index in [1.54, 1.807) is 14.2 Å². The second-order valence-corrected chi connectivity index (χ2v) is 4.53. The number of ether oxygens (including phenoxy) is 4. The molecule has 0 aromatic heterocycles. The van der Waals surface area contributed by atoms with Crippen LogP contribution in [0.3, 0.4) is 0 Å². The molecular weight excluding hydrogens is 282 g/mol. The minimum atomic E-state index is 0.392. The zero-order chi connectivity index (χ0) is 15.8. The molecule has 0 aliphatic carbocycles. The highest BCUT2D eigenvalue weighted by Gasteiger charge is 2.09. The van der Waals surface area contributed by atoms with Gasteiger partial charge >= 0.3 is 0 Å². The lowest BCUT2D eigenvalue weighted by atomic mass is 10.2. The molecule has 0 unspecified atom stereocenters. The maximum Gasteiger partial charge on any atom is 0.165 e. The van der Waals surface area contributed by atoms with Gasteiger partial charge in [-0.25, -0.2) is 0 Å². The third-order valence-corrected chi connectivity index (χ3v) is 3.14.